The molecule has 3 aromatic rings. The molecular formula is C27H35N7O5S2. The molecular weight excluding hydrogens is 566 g/mol. The van der Waals surface area contributed by atoms with Crippen LogP contribution in [0.1, 0.15) is 49.1 Å². The van der Waals surface area contributed by atoms with Crippen molar-refractivity contribution in [3.05, 3.63) is 47.6 Å². The fourth-order valence-electron chi connectivity index (χ4n) is 4.62. The second-order valence-electron chi connectivity index (χ2n) is 10.8. The molecule has 0 radical (unpaired) electrons. The lowest BCUT2D eigenvalue weighted by molar-refractivity contribution is -0.0541. The number of pyridine rings is 1. The highest BCUT2D eigenvalue weighted by Gasteiger charge is 2.36. The van der Waals surface area contributed by atoms with Crippen LogP contribution in [-0.2, 0) is 21.2 Å². The van der Waals surface area contributed by atoms with E-state index in [1.807, 2.05) is 6.92 Å². The molecule has 5 rings (SSSR count). The van der Waals surface area contributed by atoms with Gasteiger partial charge in [0.15, 0.2) is 5.01 Å². The largest absolute Gasteiger partial charge is 0.477 e. The van der Waals surface area contributed by atoms with E-state index in [0.717, 1.165) is 6.54 Å². The molecule has 1 atom stereocenters. The second-order valence-corrected chi connectivity index (χ2v) is 13.8. The number of hydrogen-bond donors (Lipinski definition) is 2. The Morgan fingerprint density at radius 3 is 2.85 bits per heavy atom. The maximum absolute atomic E-state index is 13.4. The van der Waals surface area contributed by atoms with Gasteiger partial charge in [-0.25, -0.2) is 18.4 Å². The van der Waals surface area contributed by atoms with Gasteiger partial charge in [0.1, 0.15) is 5.69 Å². The number of nitrogens with zero attached hydrogens (tertiary/aromatic N) is 5. The van der Waals surface area contributed by atoms with Gasteiger partial charge in [0.25, 0.3) is 5.91 Å². The van der Waals surface area contributed by atoms with Crippen LogP contribution < -0.4 is 14.8 Å². The van der Waals surface area contributed by atoms with E-state index in [2.05, 4.69) is 48.7 Å². The Labute approximate surface area is 244 Å². The van der Waals surface area contributed by atoms with Gasteiger partial charge in [0, 0.05) is 49.2 Å². The lowest BCUT2D eigenvalue weighted by Gasteiger charge is -2.43. The first-order chi connectivity index (χ1) is 19.6. The van der Waals surface area contributed by atoms with Gasteiger partial charge in [-0.15, -0.1) is 11.3 Å². The van der Waals surface area contributed by atoms with Crippen LogP contribution >= 0.6 is 11.3 Å². The summed E-state index contributed by atoms with van der Waals surface area (Å²) in [5, 5.41) is 3.12. The third-order valence-electron chi connectivity index (χ3n) is 6.95. The van der Waals surface area contributed by atoms with Gasteiger partial charge in [-0.2, -0.15) is 0 Å². The van der Waals surface area contributed by atoms with Gasteiger partial charge < -0.3 is 14.8 Å². The zero-order chi connectivity index (χ0) is 29.0. The molecule has 2 fully saturated rings. The normalized spacial score (nSPS) is 18.0. The number of hydrogen-bond acceptors (Lipinski definition) is 11. The van der Waals surface area contributed by atoms with Crippen molar-refractivity contribution in [2.75, 3.05) is 37.6 Å². The van der Waals surface area contributed by atoms with E-state index in [0.29, 0.717) is 78.5 Å². The minimum Gasteiger partial charge on any atom is -0.477 e. The Morgan fingerprint density at radius 1 is 1.27 bits per heavy atom. The van der Waals surface area contributed by atoms with Crippen LogP contribution in [0.25, 0.3) is 10.6 Å². The fourth-order valence-corrected chi connectivity index (χ4v) is 6.77. The molecule has 2 N–H and O–H groups in total. The van der Waals surface area contributed by atoms with Crippen molar-refractivity contribution >= 4 is 33.0 Å². The first-order valence-electron chi connectivity index (χ1n) is 13.6. The highest BCUT2D eigenvalue weighted by Crippen LogP contribution is 2.30. The average molecular weight is 602 g/mol. The summed E-state index contributed by atoms with van der Waals surface area (Å²) in [7, 11) is -3.40. The molecule has 1 aliphatic carbocycles. The Balaban J connectivity index is 1.33. The maximum atomic E-state index is 13.4. The number of morpholine rings is 1. The van der Waals surface area contributed by atoms with Crippen molar-refractivity contribution in [1.82, 2.24) is 30.2 Å². The summed E-state index contributed by atoms with van der Waals surface area (Å²) < 4.78 is 38.7. The summed E-state index contributed by atoms with van der Waals surface area (Å²) in [6.45, 7) is 9.05. The molecule has 0 unspecified atom stereocenters. The number of thiazole rings is 1. The maximum Gasteiger partial charge on any atom is 0.280 e. The minimum atomic E-state index is -3.40. The Kier molecular flexibility index (Phi) is 8.82. The van der Waals surface area contributed by atoms with Gasteiger partial charge in [0.05, 0.1) is 48.0 Å². The molecule has 1 saturated carbocycles. The van der Waals surface area contributed by atoms with Crippen LogP contribution in [0.15, 0.2) is 36.9 Å². The quantitative estimate of drug-likeness (QED) is 0.317. The van der Waals surface area contributed by atoms with Crippen molar-refractivity contribution in [2.24, 2.45) is 0 Å². The van der Waals surface area contributed by atoms with Crippen molar-refractivity contribution in [3.8, 4) is 16.5 Å². The molecule has 2 aliphatic rings. The van der Waals surface area contributed by atoms with Crippen LogP contribution in [-0.4, -0.2) is 88.9 Å². The van der Waals surface area contributed by atoms with Crippen LogP contribution in [0.5, 0.6) is 5.88 Å². The van der Waals surface area contributed by atoms with Crippen molar-refractivity contribution in [1.29, 1.82) is 0 Å². The Morgan fingerprint density at radius 2 is 2.10 bits per heavy atom. The van der Waals surface area contributed by atoms with Crippen molar-refractivity contribution < 1.29 is 22.7 Å². The predicted molar refractivity (Wildman–Crippen MR) is 156 cm³/mol. The van der Waals surface area contributed by atoms with Gasteiger partial charge in [-0.3, -0.25) is 24.4 Å². The number of nitrogens with one attached hydrogen (secondary N) is 2. The summed E-state index contributed by atoms with van der Waals surface area (Å²) in [5.74, 6) is 0.101. The van der Waals surface area contributed by atoms with E-state index in [1.165, 1.54) is 11.3 Å². The number of carbonyl (C=O) groups is 1. The molecule has 0 aromatic carbocycles. The van der Waals surface area contributed by atoms with E-state index >= 15 is 0 Å². The zero-order valence-corrected chi connectivity index (χ0v) is 25.0. The molecule has 1 amide bonds. The first kappa shape index (κ1) is 29.3. The van der Waals surface area contributed by atoms with E-state index in [4.69, 9.17) is 9.47 Å². The monoisotopic (exact) mass is 601 g/mol. The Hall–Kier alpha value is -3.20. The standard InChI is InChI=1S/C27H35N7O5S2/c1-4-39-24-15-28-13-22(32-24)23-14-30-26(40-23)25(35)31-20(16-34-9-10-38-17-27(34,2)3)12-19-11-18(7-8-29-19)33-41(36,37)21-5-6-21/h7-8,11,13-15,20-21H,4-6,9-10,12,16-17H2,1-3H3,(H,29,33)(H,31,35)/t20-/m1/s1. The summed E-state index contributed by atoms with van der Waals surface area (Å²) in [4.78, 5) is 33.9. The predicted octanol–water partition coefficient (Wildman–Crippen LogP) is 2.75. The lowest BCUT2D eigenvalue weighted by Crippen LogP contribution is -2.57. The SMILES string of the molecule is CCOc1cncc(-c2cnc(C(=O)N[C@H](Cc3cc(NS(=O)(=O)C4CC4)ccn3)CN3CCOCC3(C)C)s2)n1. The van der Waals surface area contributed by atoms with Crippen molar-refractivity contribution in [3.63, 3.8) is 0 Å². The summed E-state index contributed by atoms with van der Waals surface area (Å²) >= 11 is 1.23. The number of sulfonamides is 1. The number of carbonyl (C=O) groups excluding carboxylic acids is 1. The van der Waals surface area contributed by atoms with E-state index in [-0.39, 0.29) is 22.7 Å². The molecule has 3 aromatic heterocycles. The number of amides is 1. The number of ether oxygens (including phenoxy) is 2. The zero-order valence-electron chi connectivity index (χ0n) is 23.4. The topological polar surface area (TPSA) is 149 Å². The smallest absolute Gasteiger partial charge is 0.280 e. The van der Waals surface area contributed by atoms with E-state index in [9.17, 15) is 13.2 Å². The van der Waals surface area contributed by atoms with Crippen molar-refractivity contribution in [2.45, 2.75) is 56.9 Å². The fraction of sp³-hybridized carbons (Fsp3) is 0.519. The summed E-state index contributed by atoms with van der Waals surface area (Å²) in [6.07, 6.45) is 8.10. The molecule has 1 saturated heterocycles. The van der Waals surface area contributed by atoms with Crippen LogP contribution in [0.2, 0.25) is 0 Å². The molecule has 41 heavy (non-hydrogen) atoms. The molecule has 4 heterocycles. The number of rotatable bonds is 12. The van der Waals surface area contributed by atoms with Gasteiger partial charge in [-0.05, 0) is 45.7 Å². The third-order valence-corrected chi connectivity index (χ3v) is 9.83. The van der Waals surface area contributed by atoms with Gasteiger partial charge in [-0.1, -0.05) is 0 Å². The molecule has 220 valence electrons. The molecule has 12 nitrogen and oxygen atoms in total. The summed E-state index contributed by atoms with van der Waals surface area (Å²) in [5.41, 5.74) is 1.50. The average Bonchev–Trinajstić information content (AvgIpc) is 3.68. The minimum absolute atomic E-state index is 0.213. The van der Waals surface area contributed by atoms with Crippen LogP contribution in [0.3, 0.4) is 0 Å². The van der Waals surface area contributed by atoms with Gasteiger partial charge >= 0.3 is 0 Å². The van der Waals surface area contributed by atoms with Gasteiger partial charge in [0.2, 0.25) is 15.9 Å². The van der Waals surface area contributed by atoms with Crippen LogP contribution in [0, 0.1) is 0 Å². The Bertz CT molecular complexity index is 1480. The molecule has 0 spiro atoms. The first-order valence-corrected chi connectivity index (χ1v) is 16.0. The highest BCUT2D eigenvalue weighted by atomic mass is 32.2. The molecule has 1 aliphatic heterocycles. The number of anilines is 1. The third kappa shape index (κ3) is 7.56. The summed E-state index contributed by atoms with van der Waals surface area (Å²) in [6, 6.07) is 3.05. The number of aromatic nitrogens is 4. The molecule has 14 heteroatoms. The van der Waals surface area contributed by atoms with Crippen LogP contribution in [0.4, 0.5) is 5.69 Å². The molecule has 0 bridgehead atoms. The van der Waals surface area contributed by atoms with E-state index in [1.54, 1.807) is 36.9 Å². The second kappa shape index (κ2) is 12.3. The highest BCUT2D eigenvalue weighted by molar-refractivity contribution is 7.93. The lowest BCUT2D eigenvalue weighted by atomic mass is 10.00. The van der Waals surface area contributed by atoms with E-state index < -0.39 is 10.0 Å².